The number of aromatic hydroxyl groups is 2. The molecule has 1 saturated carbocycles. The molecule has 1 fully saturated rings. The predicted octanol–water partition coefficient (Wildman–Crippen LogP) is 4.86. The minimum Gasteiger partial charge on any atom is -0.508 e. The Balaban J connectivity index is 1.56. The van der Waals surface area contributed by atoms with Crippen LogP contribution in [-0.4, -0.2) is 26.1 Å². The number of phenolic OH excluding ortho intramolecular Hbond substituents is 2. The van der Waals surface area contributed by atoms with E-state index in [1.165, 1.54) is 32.1 Å². The van der Waals surface area contributed by atoms with Crippen LogP contribution >= 0.6 is 0 Å². The van der Waals surface area contributed by atoms with Gasteiger partial charge < -0.3 is 15.5 Å². The Morgan fingerprint density at radius 2 is 1.58 bits per heavy atom. The minimum absolute atomic E-state index is 0.165. The second-order valence-corrected chi connectivity index (χ2v) is 8.20. The summed E-state index contributed by atoms with van der Waals surface area (Å²) in [7, 11) is 0. The largest absolute Gasteiger partial charge is 0.508 e. The Kier molecular flexibility index (Phi) is 6.46. The van der Waals surface area contributed by atoms with Crippen molar-refractivity contribution < 1.29 is 15.0 Å². The van der Waals surface area contributed by atoms with Gasteiger partial charge in [-0.1, -0.05) is 44.2 Å². The van der Waals surface area contributed by atoms with E-state index in [1.807, 2.05) is 12.1 Å². The van der Waals surface area contributed by atoms with E-state index in [1.54, 1.807) is 42.6 Å². The Bertz CT molecular complexity index is 1030. The molecule has 6 nitrogen and oxygen atoms in total. The Morgan fingerprint density at radius 1 is 0.935 bits per heavy atom. The highest BCUT2D eigenvalue weighted by Crippen LogP contribution is 2.29. The SMILES string of the molecule is O=C(Cc1ccc(O)cc1)Nc1ncc(-c2ccc(O)cc2)nc1CC1CCCCC1. The van der Waals surface area contributed by atoms with Gasteiger partial charge in [-0.2, -0.15) is 0 Å². The zero-order chi connectivity index (χ0) is 21.6. The van der Waals surface area contributed by atoms with E-state index in [4.69, 9.17) is 4.98 Å². The van der Waals surface area contributed by atoms with Gasteiger partial charge in [-0.3, -0.25) is 4.79 Å². The molecule has 0 radical (unpaired) electrons. The fourth-order valence-corrected chi connectivity index (χ4v) is 4.09. The molecule has 160 valence electrons. The van der Waals surface area contributed by atoms with E-state index in [9.17, 15) is 15.0 Å². The first kappa shape index (κ1) is 20.8. The fraction of sp³-hybridized carbons (Fsp3) is 0.320. The fourth-order valence-electron chi connectivity index (χ4n) is 4.09. The minimum atomic E-state index is -0.165. The van der Waals surface area contributed by atoms with Crippen molar-refractivity contribution in [1.29, 1.82) is 0 Å². The van der Waals surface area contributed by atoms with Crippen LogP contribution in [0.3, 0.4) is 0 Å². The van der Waals surface area contributed by atoms with Gasteiger partial charge in [-0.25, -0.2) is 9.97 Å². The summed E-state index contributed by atoms with van der Waals surface area (Å²) in [5, 5.41) is 21.9. The molecule has 0 saturated heterocycles. The van der Waals surface area contributed by atoms with Gasteiger partial charge in [0.2, 0.25) is 5.91 Å². The van der Waals surface area contributed by atoms with Gasteiger partial charge in [0.05, 0.1) is 24.0 Å². The Labute approximate surface area is 182 Å². The van der Waals surface area contributed by atoms with Gasteiger partial charge in [0.15, 0.2) is 5.82 Å². The number of hydrogen-bond donors (Lipinski definition) is 3. The summed E-state index contributed by atoms with van der Waals surface area (Å²) in [6.45, 7) is 0. The van der Waals surface area contributed by atoms with E-state index in [-0.39, 0.29) is 23.8 Å². The van der Waals surface area contributed by atoms with Crippen LogP contribution < -0.4 is 5.32 Å². The first-order valence-corrected chi connectivity index (χ1v) is 10.8. The van der Waals surface area contributed by atoms with Gasteiger partial charge in [0, 0.05) is 5.56 Å². The average Bonchev–Trinajstić information content (AvgIpc) is 2.78. The molecule has 2 aromatic carbocycles. The lowest BCUT2D eigenvalue weighted by molar-refractivity contribution is -0.115. The monoisotopic (exact) mass is 417 g/mol. The topological polar surface area (TPSA) is 95.3 Å². The molecule has 1 aromatic heterocycles. The van der Waals surface area contributed by atoms with Crippen LogP contribution in [0.5, 0.6) is 11.5 Å². The van der Waals surface area contributed by atoms with Crippen molar-refractivity contribution in [3.63, 3.8) is 0 Å². The summed E-state index contributed by atoms with van der Waals surface area (Å²) >= 11 is 0. The summed E-state index contributed by atoms with van der Waals surface area (Å²) in [4.78, 5) is 22.0. The van der Waals surface area contributed by atoms with Crippen molar-refractivity contribution in [3.8, 4) is 22.8 Å². The molecule has 6 heteroatoms. The van der Waals surface area contributed by atoms with Crippen LogP contribution in [0.15, 0.2) is 54.7 Å². The van der Waals surface area contributed by atoms with Crippen LogP contribution in [0.2, 0.25) is 0 Å². The number of nitrogens with one attached hydrogen (secondary N) is 1. The zero-order valence-electron chi connectivity index (χ0n) is 17.4. The number of carbonyl (C=O) groups is 1. The summed E-state index contributed by atoms with van der Waals surface area (Å²) < 4.78 is 0. The number of phenols is 2. The molecule has 0 spiro atoms. The second kappa shape index (κ2) is 9.60. The number of carbonyl (C=O) groups excluding carboxylic acids is 1. The average molecular weight is 418 g/mol. The standard InChI is InChI=1S/C25H27N3O3/c29-20-10-6-18(7-11-20)15-24(31)28-25-22(14-17-4-2-1-3-5-17)27-23(16-26-25)19-8-12-21(30)13-9-19/h6-13,16-17,29-30H,1-5,14-15H2,(H,26,28,31). The lowest BCUT2D eigenvalue weighted by Crippen LogP contribution is -2.19. The van der Waals surface area contributed by atoms with Crippen LogP contribution in [0.4, 0.5) is 5.82 Å². The zero-order valence-corrected chi connectivity index (χ0v) is 17.4. The lowest BCUT2D eigenvalue weighted by atomic mass is 9.86. The molecular weight excluding hydrogens is 390 g/mol. The molecule has 4 rings (SSSR count). The highest BCUT2D eigenvalue weighted by atomic mass is 16.3. The Morgan fingerprint density at radius 3 is 2.26 bits per heavy atom. The van der Waals surface area contributed by atoms with Crippen molar-refractivity contribution in [2.24, 2.45) is 5.92 Å². The molecular formula is C25H27N3O3. The highest BCUT2D eigenvalue weighted by Gasteiger charge is 2.19. The molecule has 0 unspecified atom stereocenters. The maximum Gasteiger partial charge on any atom is 0.229 e. The van der Waals surface area contributed by atoms with Crippen LogP contribution in [0.1, 0.15) is 43.4 Å². The molecule has 1 aliphatic carbocycles. The van der Waals surface area contributed by atoms with E-state index in [2.05, 4.69) is 10.3 Å². The number of hydrogen-bond acceptors (Lipinski definition) is 5. The van der Waals surface area contributed by atoms with Gasteiger partial charge in [0.1, 0.15) is 11.5 Å². The molecule has 3 N–H and O–H groups in total. The normalized spacial score (nSPS) is 14.3. The van der Waals surface area contributed by atoms with Gasteiger partial charge in [-0.05, 0) is 54.3 Å². The van der Waals surface area contributed by atoms with Crippen LogP contribution in [-0.2, 0) is 17.6 Å². The number of rotatable bonds is 6. The van der Waals surface area contributed by atoms with Crippen molar-refractivity contribution >= 4 is 11.7 Å². The third-order valence-electron chi connectivity index (χ3n) is 5.77. The number of nitrogens with zero attached hydrogens (tertiary/aromatic N) is 2. The van der Waals surface area contributed by atoms with Crippen molar-refractivity contribution in [2.45, 2.75) is 44.9 Å². The molecule has 0 aliphatic heterocycles. The third kappa shape index (κ3) is 5.60. The summed E-state index contributed by atoms with van der Waals surface area (Å²) in [6, 6.07) is 13.5. The van der Waals surface area contributed by atoms with E-state index >= 15 is 0 Å². The molecule has 0 bridgehead atoms. The third-order valence-corrected chi connectivity index (χ3v) is 5.77. The number of amides is 1. The maximum atomic E-state index is 12.6. The van der Waals surface area contributed by atoms with Gasteiger partial charge >= 0.3 is 0 Å². The lowest BCUT2D eigenvalue weighted by Gasteiger charge is -2.22. The van der Waals surface area contributed by atoms with Crippen LogP contribution in [0.25, 0.3) is 11.3 Å². The van der Waals surface area contributed by atoms with Gasteiger partial charge in [-0.15, -0.1) is 0 Å². The molecule has 31 heavy (non-hydrogen) atoms. The smallest absolute Gasteiger partial charge is 0.229 e. The van der Waals surface area contributed by atoms with Crippen molar-refractivity contribution in [3.05, 3.63) is 66.0 Å². The van der Waals surface area contributed by atoms with E-state index in [0.29, 0.717) is 11.7 Å². The van der Waals surface area contributed by atoms with Crippen LogP contribution in [0, 0.1) is 5.92 Å². The van der Waals surface area contributed by atoms with Gasteiger partial charge in [0.25, 0.3) is 0 Å². The highest BCUT2D eigenvalue weighted by molar-refractivity contribution is 5.92. The van der Waals surface area contributed by atoms with Crippen molar-refractivity contribution in [1.82, 2.24) is 9.97 Å². The van der Waals surface area contributed by atoms with E-state index < -0.39 is 0 Å². The summed E-state index contributed by atoms with van der Waals surface area (Å²) in [5.41, 5.74) is 3.22. The number of aromatic nitrogens is 2. The summed E-state index contributed by atoms with van der Waals surface area (Å²) in [5.74, 6) is 1.27. The van der Waals surface area contributed by atoms with Crippen molar-refractivity contribution in [2.75, 3.05) is 5.32 Å². The molecule has 0 atom stereocenters. The predicted molar refractivity (Wildman–Crippen MR) is 120 cm³/mol. The second-order valence-electron chi connectivity index (χ2n) is 8.20. The first-order valence-electron chi connectivity index (χ1n) is 10.8. The molecule has 1 heterocycles. The number of benzene rings is 2. The summed E-state index contributed by atoms with van der Waals surface area (Å²) in [6.07, 6.45) is 8.74. The quantitative estimate of drug-likeness (QED) is 0.532. The van der Waals surface area contributed by atoms with E-state index in [0.717, 1.165) is 28.9 Å². The molecule has 1 aliphatic rings. The maximum absolute atomic E-state index is 12.6. The molecule has 3 aromatic rings. The molecule has 1 amide bonds. The first-order chi connectivity index (χ1) is 15.1. The number of anilines is 1. The Hall–Kier alpha value is -3.41.